The largest absolute Gasteiger partial charge is 0.0993 e. The lowest BCUT2D eigenvalue weighted by Crippen LogP contribution is -2.25. The predicted molar refractivity (Wildman–Crippen MR) is 59.6 cm³/mol. The van der Waals surface area contributed by atoms with Crippen molar-refractivity contribution < 1.29 is 0 Å². The molecule has 0 bridgehead atoms. The first-order valence-corrected chi connectivity index (χ1v) is 5.71. The molecule has 1 aliphatic carbocycles. The zero-order valence-electron chi connectivity index (χ0n) is 9.64. The minimum Gasteiger partial charge on any atom is -0.0993 e. The summed E-state index contributed by atoms with van der Waals surface area (Å²) in [5, 5.41) is 0. The van der Waals surface area contributed by atoms with Gasteiger partial charge in [0.05, 0.1) is 0 Å². The van der Waals surface area contributed by atoms with E-state index in [9.17, 15) is 0 Å². The zero-order valence-corrected chi connectivity index (χ0v) is 9.64. The van der Waals surface area contributed by atoms with Crippen molar-refractivity contribution in [1.82, 2.24) is 0 Å². The van der Waals surface area contributed by atoms with Crippen LogP contribution in [0.1, 0.15) is 47.0 Å². The maximum absolute atomic E-state index is 4.19. The fourth-order valence-corrected chi connectivity index (χ4v) is 2.26. The monoisotopic (exact) mass is 180 g/mol. The van der Waals surface area contributed by atoms with Crippen LogP contribution >= 0.6 is 0 Å². The van der Waals surface area contributed by atoms with Crippen LogP contribution < -0.4 is 0 Å². The summed E-state index contributed by atoms with van der Waals surface area (Å²) in [5.41, 5.74) is 1.44. The van der Waals surface area contributed by atoms with Crippen molar-refractivity contribution in [3.63, 3.8) is 0 Å². The number of hydrogen-bond donors (Lipinski definition) is 0. The van der Waals surface area contributed by atoms with Crippen LogP contribution in [0.25, 0.3) is 0 Å². The van der Waals surface area contributed by atoms with Gasteiger partial charge in [0.25, 0.3) is 0 Å². The molecule has 1 aliphatic rings. The van der Waals surface area contributed by atoms with E-state index in [1.807, 2.05) is 0 Å². The Morgan fingerprint density at radius 1 is 1.31 bits per heavy atom. The highest BCUT2D eigenvalue weighted by Gasteiger charge is 2.28. The minimum absolute atomic E-state index is 0.658. The fraction of sp³-hybridized carbons (Fsp3) is 0.846. The summed E-state index contributed by atoms with van der Waals surface area (Å²) in [6.45, 7) is 13.4. The van der Waals surface area contributed by atoms with E-state index in [-0.39, 0.29) is 0 Å². The summed E-state index contributed by atoms with van der Waals surface area (Å²) in [6, 6.07) is 0. The Morgan fingerprint density at radius 2 is 1.92 bits per heavy atom. The van der Waals surface area contributed by atoms with Gasteiger partial charge in [0.1, 0.15) is 0 Å². The van der Waals surface area contributed by atoms with E-state index in [1.54, 1.807) is 0 Å². The molecule has 0 N–H and O–H groups in total. The summed E-state index contributed by atoms with van der Waals surface area (Å²) < 4.78 is 0. The van der Waals surface area contributed by atoms with Gasteiger partial charge in [-0.05, 0) is 36.5 Å². The second kappa shape index (κ2) is 4.30. The third kappa shape index (κ3) is 2.59. The van der Waals surface area contributed by atoms with Crippen LogP contribution in [0.15, 0.2) is 12.2 Å². The first kappa shape index (κ1) is 10.8. The summed E-state index contributed by atoms with van der Waals surface area (Å²) in [5.74, 6) is 3.35. The number of hydrogen-bond acceptors (Lipinski definition) is 0. The van der Waals surface area contributed by atoms with Crippen LogP contribution in [0.4, 0.5) is 0 Å². The molecule has 0 aromatic rings. The normalized spacial score (nSPS) is 29.9. The molecule has 1 saturated carbocycles. The van der Waals surface area contributed by atoms with Gasteiger partial charge in [-0.2, -0.15) is 0 Å². The lowest BCUT2D eigenvalue weighted by atomic mass is 9.69. The van der Waals surface area contributed by atoms with Gasteiger partial charge in [0.2, 0.25) is 0 Å². The molecule has 13 heavy (non-hydrogen) atoms. The maximum Gasteiger partial charge on any atom is -0.0229 e. The molecule has 1 fully saturated rings. The van der Waals surface area contributed by atoms with Crippen LogP contribution in [0.2, 0.25) is 0 Å². The average Bonchev–Trinajstić information content (AvgIpc) is 2.09. The Kier molecular flexibility index (Phi) is 3.58. The third-order valence-corrected chi connectivity index (χ3v) is 3.83. The topological polar surface area (TPSA) is 0 Å². The molecule has 0 heteroatoms. The molecule has 0 aromatic heterocycles. The molecular weight excluding hydrogens is 156 g/mol. The Balaban J connectivity index is 2.32. The lowest BCUT2D eigenvalue weighted by molar-refractivity contribution is 0.166. The molecule has 76 valence electrons. The molecule has 0 aliphatic heterocycles. The first-order valence-electron chi connectivity index (χ1n) is 5.71. The van der Waals surface area contributed by atoms with Gasteiger partial charge in [0.15, 0.2) is 0 Å². The second-order valence-corrected chi connectivity index (χ2v) is 5.18. The molecule has 3 unspecified atom stereocenters. The molecule has 0 radical (unpaired) electrons. The van der Waals surface area contributed by atoms with Gasteiger partial charge in [-0.1, -0.05) is 46.3 Å². The summed E-state index contributed by atoms with van der Waals surface area (Å²) in [6.07, 6.45) is 4.28. The van der Waals surface area contributed by atoms with Crippen molar-refractivity contribution in [1.29, 1.82) is 0 Å². The van der Waals surface area contributed by atoms with Crippen LogP contribution in [0.3, 0.4) is 0 Å². The Labute approximate surface area is 83.4 Å². The molecular formula is C13H24. The smallest absolute Gasteiger partial charge is 0.0229 e. The summed E-state index contributed by atoms with van der Waals surface area (Å²) in [4.78, 5) is 0. The van der Waals surface area contributed by atoms with Crippen molar-refractivity contribution in [3.05, 3.63) is 12.2 Å². The van der Waals surface area contributed by atoms with Crippen molar-refractivity contribution in [2.45, 2.75) is 47.0 Å². The lowest BCUT2D eigenvalue weighted by Gasteiger charge is -2.36. The van der Waals surface area contributed by atoms with Gasteiger partial charge in [-0.25, -0.2) is 0 Å². The second-order valence-electron chi connectivity index (χ2n) is 5.18. The highest BCUT2D eigenvalue weighted by molar-refractivity contribution is 5.03. The van der Waals surface area contributed by atoms with E-state index >= 15 is 0 Å². The third-order valence-electron chi connectivity index (χ3n) is 3.83. The van der Waals surface area contributed by atoms with E-state index in [4.69, 9.17) is 0 Å². The minimum atomic E-state index is 0.658. The molecule has 3 atom stereocenters. The standard InChI is InChI=1S/C13H24/c1-9(2)12(5)11(4)8-13-7-6-10(13)3/h9-11,13H,5-8H2,1-4H3. The van der Waals surface area contributed by atoms with Crippen LogP contribution in [0.5, 0.6) is 0 Å². The number of rotatable bonds is 4. The average molecular weight is 180 g/mol. The predicted octanol–water partition coefficient (Wildman–Crippen LogP) is 4.27. The Bertz CT molecular complexity index is 178. The van der Waals surface area contributed by atoms with E-state index in [0.717, 1.165) is 17.8 Å². The molecule has 0 nitrogen and oxygen atoms in total. The van der Waals surface area contributed by atoms with Crippen LogP contribution in [-0.4, -0.2) is 0 Å². The van der Waals surface area contributed by atoms with E-state index in [0.29, 0.717) is 5.92 Å². The maximum atomic E-state index is 4.19. The summed E-state index contributed by atoms with van der Waals surface area (Å²) in [7, 11) is 0. The van der Waals surface area contributed by atoms with Gasteiger partial charge in [-0.3, -0.25) is 0 Å². The zero-order chi connectivity index (χ0) is 10.0. The molecule has 0 spiro atoms. The fourth-order valence-electron chi connectivity index (χ4n) is 2.26. The SMILES string of the molecule is C=C(C(C)C)C(C)CC1CCC1C. The molecule has 0 heterocycles. The Hall–Kier alpha value is -0.260. The van der Waals surface area contributed by atoms with Crippen LogP contribution in [0, 0.1) is 23.7 Å². The van der Waals surface area contributed by atoms with Crippen molar-refractivity contribution in [2.24, 2.45) is 23.7 Å². The van der Waals surface area contributed by atoms with Gasteiger partial charge >= 0.3 is 0 Å². The molecule has 0 aromatic carbocycles. The number of allylic oxidation sites excluding steroid dienone is 1. The van der Waals surface area contributed by atoms with Crippen molar-refractivity contribution in [3.8, 4) is 0 Å². The van der Waals surface area contributed by atoms with E-state index in [1.165, 1.54) is 24.8 Å². The van der Waals surface area contributed by atoms with E-state index < -0.39 is 0 Å². The van der Waals surface area contributed by atoms with Crippen LogP contribution in [-0.2, 0) is 0 Å². The quantitative estimate of drug-likeness (QED) is 0.567. The molecule has 0 saturated heterocycles. The Morgan fingerprint density at radius 3 is 2.23 bits per heavy atom. The van der Waals surface area contributed by atoms with Gasteiger partial charge < -0.3 is 0 Å². The first-order chi connectivity index (χ1) is 6.02. The molecule has 0 amide bonds. The van der Waals surface area contributed by atoms with E-state index in [2.05, 4.69) is 34.3 Å². The van der Waals surface area contributed by atoms with Crippen molar-refractivity contribution >= 4 is 0 Å². The summed E-state index contributed by atoms with van der Waals surface area (Å²) >= 11 is 0. The highest BCUT2D eigenvalue weighted by Crippen LogP contribution is 2.39. The van der Waals surface area contributed by atoms with Crippen molar-refractivity contribution in [2.75, 3.05) is 0 Å². The van der Waals surface area contributed by atoms with Gasteiger partial charge in [0, 0.05) is 0 Å². The highest BCUT2D eigenvalue weighted by atomic mass is 14.3. The molecule has 1 rings (SSSR count). The van der Waals surface area contributed by atoms with Gasteiger partial charge in [-0.15, -0.1) is 0 Å².